The van der Waals surface area contributed by atoms with Crippen molar-refractivity contribution in [3.63, 3.8) is 0 Å². The molecule has 6 nitrogen and oxygen atoms in total. The van der Waals surface area contributed by atoms with E-state index >= 15 is 0 Å². The van der Waals surface area contributed by atoms with E-state index in [4.69, 9.17) is 0 Å². The Bertz CT molecular complexity index is 590. The van der Waals surface area contributed by atoms with E-state index in [0.717, 1.165) is 24.5 Å². The van der Waals surface area contributed by atoms with Crippen molar-refractivity contribution in [3.05, 3.63) is 36.9 Å². The standard InChI is InChI=1S/C15H19N5O/c21-15(7-10-20-12-16-11-17-20)18-13-5-1-2-6-14(13)19-8-3-4-9-19/h1-2,5-6,11-12H,3-4,7-10H2,(H,18,21). The van der Waals surface area contributed by atoms with Crippen molar-refractivity contribution in [3.8, 4) is 0 Å². The molecule has 1 aromatic carbocycles. The lowest BCUT2D eigenvalue weighted by molar-refractivity contribution is -0.116. The van der Waals surface area contributed by atoms with Crippen molar-refractivity contribution in [1.82, 2.24) is 14.8 Å². The molecule has 0 radical (unpaired) electrons. The van der Waals surface area contributed by atoms with Crippen LogP contribution in [0.5, 0.6) is 0 Å². The number of benzene rings is 1. The summed E-state index contributed by atoms with van der Waals surface area (Å²) in [4.78, 5) is 18.3. The second-order valence-corrected chi connectivity index (χ2v) is 5.17. The van der Waals surface area contributed by atoms with Crippen LogP contribution < -0.4 is 10.2 Å². The molecular formula is C15H19N5O. The van der Waals surface area contributed by atoms with Gasteiger partial charge in [-0.15, -0.1) is 0 Å². The molecule has 1 aromatic heterocycles. The van der Waals surface area contributed by atoms with E-state index in [2.05, 4.69) is 26.4 Å². The highest BCUT2D eigenvalue weighted by Crippen LogP contribution is 2.28. The maximum Gasteiger partial charge on any atom is 0.226 e. The molecule has 0 unspecified atom stereocenters. The quantitative estimate of drug-likeness (QED) is 0.911. The molecule has 2 aromatic rings. The predicted octanol–water partition coefficient (Wildman–Crippen LogP) is 1.91. The summed E-state index contributed by atoms with van der Waals surface area (Å²) in [5.74, 6) is -0.00264. The zero-order valence-corrected chi connectivity index (χ0v) is 11.9. The fraction of sp³-hybridized carbons (Fsp3) is 0.400. The van der Waals surface area contributed by atoms with Crippen LogP contribution in [-0.4, -0.2) is 33.8 Å². The Morgan fingerprint density at radius 3 is 2.81 bits per heavy atom. The van der Waals surface area contributed by atoms with Gasteiger partial charge in [0.1, 0.15) is 12.7 Å². The summed E-state index contributed by atoms with van der Waals surface area (Å²) in [5.41, 5.74) is 2.01. The van der Waals surface area contributed by atoms with Gasteiger partial charge in [0.25, 0.3) is 0 Å². The monoisotopic (exact) mass is 285 g/mol. The summed E-state index contributed by atoms with van der Waals surface area (Å²) in [7, 11) is 0. The molecule has 21 heavy (non-hydrogen) atoms. The van der Waals surface area contributed by atoms with Gasteiger partial charge in [0.05, 0.1) is 17.9 Å². The second-order valence-electron chi connectivity index (χ2n) is 5.17. The molecule has 0 bridgehead atoms. The number of aromatic nitrogens is 3. The van der Waals surface area contributed by atoms with Gasteiger partial charge in [0.2, 0.25) is 5.91 Å². The molecule has 1 N–H and O–H groups in total. The number of nitrogens with zero attached hydrogens (tertiary/aromatic N) is 4. The molecule has 1 amide bonds. The molecule has 0 saturated carbocycles. The van der Waals surface area contributed by atoms with E-state index in [1.807, 2.05) is 18.2 Å². The highest BCUT2D eigenvalue weighted by atomic mass is 16.1. The first kappa shape index (κ1) is 13.6. The number of carbonyl (C=O) groups is 1. The molecule has 110 valence electrons. The molecule has 1 aliphatic rings. The fourth-order valence-corrected chi connectivity index (χ4v) is 2.59. The largest absolute Gasteiger partial charge is 0.370 e. The van der Waals surface area contributed by atoms with E-state index in [1.165, 1.54) is 19.2 Å². The minimum absolute atomic E-state index is 0.00264. The van der Waals surface area contributed by atoms with Gasteiger partial charge in [-0.2, -0.15) is 5.10 Å². The van der Waals surface area contributed by atoms with Gasteiger partial charge in [0, 0.05) is 19.5 Å². The average Bonchev–Trinajstić information content (AvgIpc) is 3.19. The van der Waals surface area contributed by atoms with Crippen molar-refractivity contribution in [1.29, 1.82) is 0 Å². The average molecular weight is 285 g/mol. The molecule has 0 spiro atoms. The van der Waals surface area contributed by atoms with Crippen LogP contribution in [0.1, 0.15) is 19.3 Å². The molecular weight excluding hydrogens is 266 g/mol. The van der Waals surface area contributed by atoms with Crippen molar-refractivity contribution >= 4 is 17.3 Å². The highest BCUT2D eigenvalue weighted by molar-refractivity contribution is 5.94. The Labute approximate surface area is 123 Å². The van der Waals surface area contributed by atoms with Gasteiger partial charge in [-0.3, -0.25) is 9.48 Å². The minimum atomic E-state index is -0.00264. The minimum Gasteiger partial charge on any atom is -0.370 e. The molecule has 6 heteroatoms. The SMILES string of the molecule is O=C(CCn1cncn1)Nc1ccccc1N1CCCC1. The number of amides is 1. The number of aryl methyl sites for hydroxylation is 1. The van der Waals surface area contributed by atoms with Gasteiger partial charge < -0.3 is 10.2 Å². The Morgan fingerprint density at radius 2 is 2.05 bits per heavy atom. The summed E-state index contributed by atoms with van der Waals surface area (Å²) in [6.07, 6.45) is 5.91. The maximum atomic E-state index is 12.1. The van der Waals surface area contributed by atoms with E-state index < -0.39 is 0 Å². The Balaban J connectivity index is 1.62. The number of hydrogen-bond donors (Lipinski definition) is 1. The Hall–Kier alpha value is -2.37. The second kappa shape index (κ2) is 6.39. The van der Waals surface area contributed by atoms with Crippen LogP contribution in [0, 0.1) is 0 Å². The highest BCUT2D eigenvalue weighted by Gasteiger charge is 2.16. The van der Waals surface area contributed by atoms with Crippen LogP contribution in [0.4, 0.5) is 11.4 Å². The summed E-state index contributed by atoms with van der Waals surface area (Å²) < 4.78 is 1.66. The summed E-state index contributed by atoms with van der Waals surface area (Å²) in [6, 6.07) is 7.99. The molecule has 2 heterocycles. The van der Waals surface area contributed by atoms with Gasteiger partial charge in [-0.25, -0.2) is 4.98 Å². The van der Waals surface area contributed by atoms with E-state index in [0.29, 0.717) is 13.0 Å². The molecule has 3 rings (SSSR count). The lowest BCUT2D eigenvalue weighted by atomic mass is 10.2. The van der Waals surface area contributed by atoms with Gasteiger partial charge in [-0.1, -0.05) is 12.1 Å². The number of para-hydroxylation sites is 2. The molecule has 1 aliphatic heterocycles. The van der Waals surface area contributed by atoms with Crippen LogP contribution in [-0.2, 0) is 11.3 Å². The van der Waals surface area contributed by atoms with Crippen molar-refractivity contribution in [2.24, 2.45) is 0 Å². The first-order valence-electron chi connectivity index (χ1n) is 7.29. The Morgan fingerprint density at radius 1 is 1.24 bits per heavy atom. The summed E-state index contributed by atoms with van der Waals surface area (Å²) >= 11 is 0. The van der Waals surface area contributed by atoms with Gasteiger partial charge in [-0.05, 0) is 25.0 Å². The zero-order valence-electron chi connectivity index (χ0n) is 11.9. The van der Waals surface area contributed by atoms with E-state index in [9.17, 15) is 4.79 Å². The topological polar surface area (TPSA) is 63.1 Å². The number of anilines is 2. The molecule has 0 aliphatic carbocycles. The fourth-order valence-electron chi connectivity index (χ4n) is 2.59. The normalized spacial score (nSPS) is 14.4. The van der Waals surface area contributed by atoms with Crippen LogP contribution in [0.15, 0.2) is 36.9 Å². The Kier molecular flexibility index (Phi) is 4.14. The maximum absolute atomic E-state index is 12.1. The van der Waals surface area contributed by atoms with Gasteiger partial charge in [0.15, 0.2) is 0 Å². The predicted molar refractivity (Wildman–Crippen MR) is 81.2 cm³/mol. The van der Waals surface area contributed by atoms with Gasteiger partial charge >= 0.3 is 0 Å². The number of hydrogen-bond acceptors (Lipinski definition) is 4. The molecule has 1 saturated heterocycles. The first-order valence-corrected chi connectivity index (χ1v) is 7.29. The smallest absolute Gasteiger partial charge is 0.226 e. The van der Waals surface area contributed by atoms with Crippen LogP contribution in [0.3, 0.4) is 0 Å². The summed E-state index contributed by atoms with van der Waals surface area (Å²) in [6.45, 7) is 2.66. The third kappa shape index (κ3) is 3.39. The summed E-state index contributed by atoms with van der Waals surface area (Å²) in [5, 5.41) is 7.00. The number of carbonyl (C=O) groups excluding carboxylic acids is 1. The van der Waals surface area contributed by atoms with Crippen LogP contribution >= 0.6 is 0 Å². The molecule has 1 fully saturated rings. The number of nitrogens with one attached hydrogen (secondary N) is 1. The number of rotatable bonds is 5. The third-order valence-electron chi connectivity index (χ3n) is 3.66. The van der Waals surface area contributed by atoms with Crippen molar-refractivity contribution in [2.45, 2.75) is 25.8 Å². The third-order valence-corrected chi connectivity index (χ3v) is 3.66. The first-order chi connectivity index (χ1) is 10.3. The van der Waals surface area contributed by atoms with Crippen LogP contribution in [0.25, 0.3) is 0 Å². The van der Waals surface area contributed by atoms with E-state index in [1.54, 1.807) is 11.0 Å². The lowest BCUT2D eigenvalue weighted by Gasteiger charge is -2.21. The van der Waals surface area contributed by atoms with Crippen molar-refractivity contribution in [2.75, 3.05) is 23.3 Å². The van der Waals surface area contributed by atoms with E-state index in [-0.39, 0.29) is 5.91 Å². The van der Waals surface area contributed by atoms with Crippen LogP contribution in [0.2, 0.25) is 0 Å². The lowest BCUT2D eigenvalue weighted by Crippen LogP contribution is -2.21. The zero-order chi connectivity index (χ0) is 14.5. The van der Waals surface area contributed by atoms with Crippen molar-refractivity contribution < 1.29 is 4.79 Å². The molecule has 0 atom stereocenters.